The standard InChI is InChI=1S/C19H25N3O/c1-15-6-7-17(16(2)13-15)18(23)14-21-9-11-22(12-10-21)19-5-3-4-8-20-19/h3-8,13,18,23H,9-12,14H2,1-2H3/t18-/m1/s1. The summed E-state index contributed by atoms with van der Waals surface area (Å²) < 4.78 is 0. The highest BCUT2D eigenvalue weighted by Gasteiger charge is 2.21. The summed E-state index contributed by atoms with van der Waals surface area (Å²) in [6.07, 6.45) is 1.42. The zero-order valence-corrected chi connectivity index (χ0v) is 13.9. The zero-order valence-electron chi connectivity index (χ0n) is 13.9. The number of nitrogens with zero attached hydrogens (tertiary/aromatic N) is 3. The molecule has 1 aromatic carbocycles. The van der Waals surface area contributed by atoms with Gasteiger partial charge in [0, 0.05) is 38.9 Å². The molecule has 23 heavy (non-hydrogen) atoms. The molecule has 0 saturated carbocycles. The van der Waals surface area contributed by atoms with E-state index in [1.807, 2.05) is 18.3 Å². The van der Waals surface area contributed by atoms with E-state index in [1.54, 1.807) is 0 Å². The molecule has 1 aromatic heterocycles. The molecule has 1 aliphatic rings. The predicted octanol–water partition coefficient (Wildman–Crippen LogP) is 2.55. The van der Waals surface area contributed by atoms with Gasteiger partial charge in [0.05, 0.1) is 6.10 Å². The van der Waals surface area contributed by atoms with Crippen LogP contribution in [0, 0.1) is 13.8 Å². The third-order valence-corrected chi connectivity index (χ3v) is 4.56. The fourth-order valence-electron chi connectivity index (χ4n) is 3.24. The summed E-state index contributed by atoms with van der Waals surface area (Å²) in [4.78, 5) is 9.06. The summed E-state index contributed by atoms with van der Waals surface area (Å²) in [7, 11) is 0. The molecule has 1 fully saturated rings. The van der Waals surface area contributed by atoms with E-state index in [-0.39, 0.29) is 0 Å². The number of hydrogen-bond donors (Lipinski definition) is 1. The van der Waals surface area contributed by atoms with Crippen molar-refractivity contribution in [1.29, 1.82) is 0 Å². The zero-order chi connectivity index (χ0) is 16.2. The molecule has 2 heterocycles. The second-order valence-electron chi connectivity index (χ2n) is 6.35. The molecule has 0 radical (unpaired) electrons. The Hall–Kier alpha value is -1.91. The predicted molar refractivity (Wildman–Crippen MR) is 93.8 cm³/mol. The number of piperazine rings is 1. The molecule has 0 amide bonds. The van der Waals surface area contributed by atoms with E-state index in [0.29, 0.717) is 6.54 Å². The van der Waals surface area contributed by atoms with Gasteiger partial charge in [-0.1, -0.05) is 29.8 Å². The van der Waals surface area contributed by atoms with Crippen molar-refractivity contribution in [2.75, 3.05) is 37.6 Å². The third-order valence-electron chi connectivity index (χ3n) is 4.56. The minimum absolute atomic E-state index is 0.419. The molecule has 0 unspecified atom stereocenters. The minimum Gasteiger partial charge on any atom is -0.387 e. The van der Waals surface area contributed by atoms with E-state index in [0.717, 1.165) is 37.6 Å². The van der Waals surface area contributed by atoms with E-state index in [4.69, 9.17) is 0 Å². The van der Waals surface area contributed by atoms with Crippen LogP contribution in [0.1, 0.15) is 22.8 Å². The van der Waals surface area contributed by atoms with Crippen LogP contribution in [-0.4, -0.2) is 47.7 Å². The van der Waals surface area contributed by atoms with Crippen LogP contribution in [0.5, 0.6) is 0 Å². The second-order valence-corrected chi connectivity index (χ2v) is 6.35. The van der Waals surface area contributed by atoms with Crippen LogP contribution in [0.4, 0.5) is 5.82 Å². The molecule has 122 valence electrons. The highest BCUT2D eigenvalue weighted by Crippen LogP contribution is 2.21. The quantitative estimate of drug-likeness (QED) is 0.942. The van der Waals surface area contributed by atoms with Crippen molar-refractivity contribution in [3.63, 3.8) is 0 Å². The summed E-state index contributed by atoms with van der Waals surface area (Å²) in [6, 6.07) is 12.3. The van der Waals surface area contributed by atoms with Crippen LogP contribution < -0.4 is 4.90 Å². The smallest absolute Gasteiger partial charge is 0.128 e. The Morgan fingerprint density at radius 1 is 1.09 bits per heavy atom. The lowest BCUT2D eigenvalue weighted by molar-refractivity contribution is 0.109. The summed E-state index contributed by atoms with van der Waals surface area (Å²) in [5.74, 6) is 1.04. The number of hydrogen-bond acceptors (Lipinski definition) is 4. The summed E-state index contributed by atoms with van der Waals surface area (Å²) in [6.45, 7) is 8.68. The fourth-order valence-corrected chi connectivity index (χ4v) is 3.24. The molecule has 0 spiro atoms. The summed E-state index contributed by atoms with van der Waals surface area (Å²) >= 11 is 0. The number of aromatic nitrogens is 1. The first-order valence-corrected chi connectivity index (χ1v) is 8.27. The molecule has 0 bridgehead atoms. The summed E-state index contributed by atoms with van der Waals surface area (Å²) in [5, 5.41) is 10.6. The van der Waals surface area contributed by atoms with Crippen molar-refractivity contribution in [2.45, 2.75) is 20.0 Å². The number of rotatable bonds is 4. The SMILES string of the molecule is Cc1ccc([C@H](O)CN2CCN(c3ccccn3)CC2)c(C)c1. The van der Waals surface area contributed by atoms with Crippen molar-refractivity contribution in [1.82, 2.24) is 9.88 Å². The van der Waals surface area contributed by atoms with Gasteiger partial charge in [-0.25, -0.2) is 4.98 Å². The van der Waals surface area contributed by atoms with Gasteiger partial charge in [0.15, 0.2) is 0 Å². The third kappa shape index (κ3) is 3.89. The lowest BCUT2D eigenvalue weighted by atomic mass is 10.0. The van der Waals surface area contributed by atoms with Gasteiger partial charge in [-0.05, 0) is 37.1 Å². The molecule has 1 aliphatic heterocycles. The van der Waals surface area contributed by atoms with Crippen LogP contribution in [0.3, 0.4) is 0 Å². The molecule has 1 saturated heterocycles. The molecule has 3 rings (SSSR count). The molecule has 2 aromatic rings. The Labute approximate surface area is 138 Å². The van der Waals surface area contributed by atoms with Crippen LogP contribution in [0.15, 0.2) is 42.6 Å². The molecule has 4 nitrogen and oxygen atoms in total. The van der Waals surface area contributed by atoms with Crippen molar-refractivity contribution in [3.8, 4) is 0 Å². The highest BCUT2D eigenvalue weighted by molar-refractivity contribution is 5.38. The first-order valence-electron chi connectivity index (χ1n) is 8.27. The Morgan fingerprint density at radius 2 is 1.87 bits per heavy atom. The Bertz CT molecular complexity index is 636. The van der Waals surface area contributed by atoms with Crippen LogP contribution in [-0.2, 0) is 0 Å². The van der Waals surface area contributed by atoms with Gasteiger partial charge in [0.25, 0.3) is 0 Å². The maximum atomic E-state index is 10.6. The molecule has 0 aliphatic carbocycles. The highest BCUT2D eigenvalue weighted by atomic mass is 16.3. The van der Waals surface area contributed by atoms with Gasteiger partial charge in [0.1, 0.15) is 5.82 Å². The number of aliphatic hydroxyl groups excluding tert-OH is 1. The van der Waals surface area contributed by atoms with E-state index in [1.165, 1.54) is 11.1 Å². The van der Waals surface area contributed by atoms with Crippen LogP contribution in [0.25, 0.3) is 0 Å². The first-order chi connectivity index (χ1) is 11.1. The van der Waals surface area contributed by atoms with Gasteiger partial charge < -0.3 is 10.0 Å². The monoisotopic (exact) mass is 311 g/mol. The Balaban J connectivity index is 1.56. The number of aryl methyl sites for hydroxylation is 2. The van der Waals surface area contributed by atoms with E-state index >= 15 is 0 Å². The van der Waals surface area contributed by atoms with Gasteiger partial charge in [-0.2, -0.15) is 0 Å². The van der Waals surface area contributed by atoms with Gasteiger partial charge in [-0.3, -0.25) is 4.90 Å². The van der Waals surface area contributed by atoms with Crippen molar-refractivity contribution in [3.05, 3.63) is 59.3 Å². The largest absolute Gasteiger partial charge is 0.387 e. The molecule has 1 N–H and O–H groups in total. The van der Waals surface area contributed by atoms with E-state index in [9.17, 15) is 5.11 Å². The van der Waals surface area contributed by atoms with Gasteiger partial charge in [0.2, 0.25) is 0 Å². The lowest BCUT2D eigenvalue weighted by Crippen LogP contribution is -2.47. The average Bonchev–Trinajstić information content (AvgIpc) is 2.56. The first kappa shape index (κ1) is 16.0. The average molecular weight is 311 g/mol. The number of anilines is 1. The minimum atomic E-state index is -0.419. The maximum absolute atomic E-state index is 10.6. The molecule has 1 atom stereocenters. The molecular formula is C19H25N3O. The Morgan fingerprint density at radius 3 is 2.52 bits per heavy atom. The lowest BCUT2D eigenvalue weighted by Gasteiger charge is -2.36. The topological polar surface area (TPSA) is 39.6 Å². The van der Waals surface area contributed by atoms with Crippen LogP contribution in [0.2, 0.25) is 0 Å². The van der Waals surface area contributed by atoms with Crippen molar-refractivity contribution in [2.24, 2.45) is 0 Å². The normalized spacial score (nSPS) is 17.3. The number of benzene rings is 1. The van der Waals surface area contributed by atoms with Crippen molar-refractivity contribution < 1.29 is 5.11 Å². The summed E-state index contributed by atoms with van der Waals surface area (Å²) in [5.41, 5.74) is 3.45. The fraction of sp³-hybridized carbons (Fsp3) is 0.421. The van der Waals surface area contributed by atoms with Gasteiger partial charge in [-0.15, -0.1) is 0 Å². The number of β-amino-alcohol motifs (C(OH)–C–C–N with tert-alkyl or cyclic N) is 1. The molecular weight excluding hydrogens is 286 g/mol. The Kier molecular flexibility index (Phi) is 4.94. The van der Waals surface area contributed by atoms with Crippen molar-refractivity contribution >= 4 is 5.82 Å². The second kappa shape index (κ2) is 7.11. The number of pyridine rings is 1. The van der Waals surface area contributed by atoms with E-state index in [2.05, 4.69) is 52.9 Å². The van der Waals surface area contributed by atoms with Crippen LogP contribution >= 0.6 is 0 Å². The number of aliphatic hydroxyl groups is 1. The van der Waals surface area contributed by atoms with E-state index < -0.39 is 6.10 Å². The van der Waals surface area contributed by atoms with Gasteiger partial charge >= 0.3 is 0 Å². The molecule has 4 heteroatoms. The maximum Gasteiger partial charge on any atom is 0.128 e.